The zero-order valence-corrected chi connectivity index (χ0v) is 15.4. The summed E-state index contributed by atoms with van der Waals surface area (Å²) >= 11 is 0. The average Bonchev–Trinajstić information content (AvgIpc) is 3.52. The van der Waals surface area contributed by atoms with Gasteiger partial charge in [0.25, 0.3) is 0 Å². The molecule has 1 heterocycles. The van der Waals surface area contributed by atoms with Crippen LogP contribution in [0.4, 0.5) is 10.5 Å². The number of ether oxygens (including phenoxy) is 2. The maximum absolute atomic E-state index is 12.2. The van der Waals surface area contributed by atoms with Gasteiger partial charge < -0.3 is 25.4 Å². The Labute approximate surface area is 161 Å². The van der Waals surface area contributed by atoms with Crippen molar-refractivity contribution in [3.63, 3.8) is 0 Å². The Morgan fingerprint density at radius 3 is 2.46 bits per heavy atom. The van der Waals surface area contributed by atoms with E-state index in [1.54, 1.807) is 19.1 Å². The second kappa shape index (κ2) is 8.55. The van der Waals surface area contributed by atoms with Crippen LogP contribution in [0.1, 0.15) is 30.1 Å². The highest BCUT2D eigenvalue weighted by molar-refractivity contribution is 5.96. The second-order valence-electron chi connectivity index (χ2n) is 6.40. The first-order valence-corrected chi connectivity index (χ1v) is 9.00. The summed E-state index contributed by atoms with van der Waals surface area (Å²) in [5, 5.41) is 7.72. The molecule has 3 N–H and O–H groups in total. The number of carbonyl (C=O) groups is 4. The molecule has 9 nitrogen and oxygen atoms in total. The third-order valence-corrected chi connectivity index (χ3v) is 4.26. The SMILES string of the molecule is CCOC(=O)C1=C(COC(=O)c2ccc(NC(=O)C3CC3)cc2)NC(=O)NC1. The average molecular weight is 387 g/mol. The molecule has 0 unspecified atom stereocenters. The van der Waals surface area contributed by atoms with Gasteiger partial charge in [0.05, 0.1) is 30.0 Å². The van der Waals surface area contributed by atoms with Crippen molar-refractivity contribution in [3.8, 4) is 0 Å². The summed E-state index contributed by atoms with van der Waals surface area (Å²) in [7, 11) is 0. The van der Waals surface area contributed by atoms with Gasteiger partial charge in [-0.05, 0) is 44.0 Å². The van der Waals surface area contributed by atoms with E-state index in [4.69, 9.17) is 9.47 Å². The van der Waals surface area contributed by atoms with E-state index in [0.717, 1.165) is 12.8 Å². The molecule has 28 heavy (non-hydrogen) atoms. The molecule has 9 heteroatoms. The van der Waals surface area contributed by atoms with E-state index in [1.807, 2.05) is 0 Å². The van der Waals surface area contributed by atoms with Gasteiger partial charge in [-0.1, -0.05) is 0 Å². The Kier molecular flexibility index (Phi) is 5.93. The summed E-state index contributed by atoms with van der Waals surface area (Å²) in [6.07, 6.45) is 1.82. The van der Waals surface area contributed by atoms with Crippen LogP contribution in [-0.2, 0) is 19.1 Å². The van der Waals surface area contributed by atoms with Crippen LogP contribution in [0.25, 0.3) is 0 Å². The van der Waals surface area contributed by atoms with E-state index in [1.165, 1.54) is 12.1 Å². The first-order valence-electron chi connectivity index (χ1n) is 9.00. The Bertz CT molecular complexity index is 827. The standard InChI is InChI=1S/C19H21N3O6/c1-2-27-18(25)14-9-20-19(26)22-15(14)10-28-17(24)12-5-7-13(8-6-12)21-16(23)11-3-4-11/h5-8,11H,2-4,9-10H2,1H3,(H,21,23)(H2,20,22,26). The van der Waals surface area contributed by atoms with Gasteiger partial charge in [0.15, 0.2) is 0 Å². The lowest BCUT2D eigenvalue weighted by atomic mass is 10.1. The van der Waals surface area contributed by atoms with E-state index in [9.17, 15) is 19.2 Å². The number of rotatable bonds is 7. The van der Waals surface area contributed by atoms with Crippen molar-refractivity contribution in [2.24, 2.45) is 5.92 Å². The van der Waals surface area contributed by atoms with E-state index in [2.05, 4.69) is 16.0 Å². The Hall–Kier alpha value is -3.36. The number of nitrogens with one attached hydrogen (secondary N) is 3. The number of esters is 2. The molecule has 3 amide bonds. The van der Waals surface area contributed by atoms with Gasteiger partial charge in [0, 0.05) is 11.6 Å². The molecule has 1 fully saturated rings. The monoisotopic (exact) mass is 387 g/mol. The molecule has 2 aliphatic rings. The molecule has 0 spiro atoms. The number of hydrogen-bond donors (Lipinski definition) is 3. The molecule has 0 atom stereocenters. The molecule has 1 aromatic rings. The fraction of sp³-hybridized carbons (Fsp3) is 0.368. The summed E-state index contributed by atoms with van der Waals surface area (Å²) < 4.78 is 10.2. The van der Waals surface area contributed by atoms with Gasteiger partial charge in [0.1, 0.15) is 6.61 Å². The minimum absolute atomic E-state index is 0.00700. The molecule has 1 saturated carbocycles. The van der Waals surface area contributed by atoms with Crippen molar-refractivity contribution in [2.75, 3.05) is 25.1 Å². The highest BCUT2D eigenvalue weighted by atomic mass is 16.5. The lowest BCUT2D eigenvalue weighted by Gasteiger charge is -2.21. The zero-order chi connectivity index (χ0) is 20.1. The van der Waals surface area contributed by atoms with Crippen molar-refractivity contribution in [1.29, 1.82) is 0 Å². The molecule has 0 aromatic heterocycles. The minimum atomic E-state index is -0.622. The summed E-state index contributed by atoms with van der Waals surface area (Å²) in [6, 6.07) is 5.81. The van der Waals surface area contributed by atoms with Crippen molar-refractivity contribution >= 4 is 29.6 Å². The minimum Gasteiger partial charge on any atom is -0.463 e. The van der Waals surface area contributed by atoms with Gasteiger partial charge in [-0.15, -0.1) is 0 Å². The number of carbonyl (C=O) groups excluding carboxylic acids is 4. The molecule has 0 radical (unpaired) electrons. The van der Waals surface area contributed by atoms with Crippen LogP contribution >= 0.6 is 0 Å². The van der Waals surface area contributed by atoms with E-state index in [0.29, 0.717) is 5.69 Å². The van der Waals surface area contributed by atoms with E-state index in [-0.39, 0.29) is 48.4 Å². The van der Waals surface area contributed by atoms with Crippen LogP contribution < -0.4 is 16.0 Å². The number of amides is 3. The Morgan fingerprint density at radius 1 is 1.11 bits per heavy atom. The van der Waals surface area contributed by atoms with E-state index >= 15 is 0 Å². The quantitative estimate of drug-likeness (QED) is 0.607. The van der Waals surface area contributed by atoms with Gasteiger partial charge in [0.2, 0.25) is 5.91 Å². The molecular formula is C19H21N3O6. The van der Waals surface area contributed by atoms with Gasteiger partial charge >= 0.3 is 18.0 Å². The lowest BCUT2D eigenvalue weighted by Crippen LogP contribution is -2.45. The van der Waals surface area contributed by atoms with Gasteiger partial charge in [-0.3, -0.25) is 4.79 Å². The molecule has 1 aliphatic heterocycles. The summed E-state index contributed by atoms with van der Waals surface area (Å²) in [5.41, 5.74) is 1.27. The zero-order valence-electron chi connectivity index (χ0n) is 15.4. The predicted octanol–water partition coefficient (Wildman–Crippen LogP) is 1.32. The smallest absolute Gasteiger partial charge is 0.338 e. The highest BCUT2D eigenvalue weighted by Gasteiger charge is 2.29. The third kappa shape index (κ3) is 4.87. The molecule has 148 valence electrons. The summed E-state index contributed by atoms with van der Waals surface area (Å²) in [5.74, 6) is -1.14. The molecule has 1 aliphatic carbocycles. The number of hydrogen-bond acceptors (Lipinski definition) is 6. The fourth-order valence-corrected chi connectivity index (χ4v) is 2.57. The normalized spacial score (nSPS) is 16.0. The Morgan fingerprint density at radius 2 is 1.82 bits per heavy atom. The van der Waals surface area contributed by atoms with Crippen LogP contribution in [-0.4, -0.2) is 43.6 Å². The molecule has 0 bridgehead atoms. The highest BCUT2D eigenvalue weighted by Crippen LogP contribution is 2.30. The van der Waals surface area contributed by atoms with Crippen LogP contribution in [0, 0.1) is 5.92 Å². The van der Waals surface area contributed by atoms with Crippen LogP contribution in [0.5, 0.6) is 0 Å². The molecule has 0 saturated heterocycles. The first kappa shape index (κ1) is 19.4. The van der Waals surface area contributed by atoms with Gasteiger partial charge in [-0.25, -0.2) is 14.4 Å². The number of benzene rings is 1. The maximum Gasteiger partial charge on any atom is 0.338 e. The second-order valence-corrected chi connectivity index (χ2v) is 6.40. The Balaban J connectivity index is 1.60. The maximum atomic E-state index is 12.2. The van der Waals surface area contributed by atoms with Crippen molar-refractivity contribution in [1.82, 2.24) is 10.6 Å². The summed E-state index contributed by atoms with van der Waals surface area (Å²) in [4.78, 5) is 47.5. The van der Waals surface area contributed by atoms with Crippen LogP contribution in [0.3, 0.4) is 0 Å². The van der Waals surface area contributed by atoms with Crippen LogP contribution in [0.15, 0.2) is 35.5 Å². The lowest BCUT2D eigenvalue weighted by molar-refractivity contribution is -0.138. The summed E-state index contributed by atoms with van der Waals surface area (Å²) in [6.45, 7) is 1.57. The first-order chi connectivity index (χ1) is 13.5. The third-order valence-electron chi connectivity index (χ3n) is 4.26. The van der Waals surface area contributed by atoms with Crippen molar-refractivity contribution in [2.45, 2.75) is 19.8 Å². The largest absolute Gasteiger partial charge is 0.463 e. The van der Waals surface area contributed by atoms with Crippen molar-refractivity contribution < 1.29 is 28.7 Å². The molecule has 3 rings (SSSR count). The predicted molar refractivity (Wildman–Crippen MR) is 98.3 cm³/mol. The topological polar surface area (TPSA) is 123 Å². The van der Waals surface area contributed by atoms with Gasteiger partial charge in [-0.2, -0.15) is 0 Å². The fourth-order valence-electron chi connectivity index (χ4n) is 2.57. The molecule has 1 aromatic carbocycles. The molecular weight excluding hydrogens is 366 g/mol. The van der Waals surface area contributed by atoms with Crippen molar-refractivity contribution in [3.05, 3.63) is 41.1 Å². The van der Waals surface area contributed by atoms with Crippen LogP contribution in [0.2, 0.25) is 0 Å². The number of urea groups is 1. The number of anilines is 1. The van der Waals surface area contributed by atoms with E-state index < -0.39 is 18.0 Å².